The fourth-order valence-electron chi connectivity index (χ4n) is 2.39. The number of hydrogen-bond donors (Lipinski definition) is 2. The van der Waals surface area contributed by atoms with Crippen molar-refractivity contribution in [1.82, 2.24) is 0 Å². The van der Waals surface area contributed by atoms with Gasteiger partial charge in [-0.15, -0.1) is 0 Å². The van der Waals surface area contributed by atoms with Gasteiger partial charge in [0.25, 0.3) is 0 Å². The second kappa shape index (κ2) is 20.4. The number of hydrogen-bond acceptors (Lipinski definition) is 2. The molecule has 0 spiro atoms. The molecule has 0 aromatic carbocycles. The second-order valence-corrected chi connectivity index (χ2v) is 6.64. The monoisotopic (exact) mass is 374 g/mol. The van der Waals surface area contributed by atoms with Crippen LogP contribution in [0.5, 0.6) is 0 Å². The molecule has 27 heavy (non-hydrogen) atoms. The molecule has 3 heteroatoms. The number of carboxylic acid groups (broad SMARTS) is 1. The average Bonchev–Trinajstić information content (AvgIpc) is 2.64. The Hall–Kier alpha value is -1.87. The first-order valence-corrected chi connectivity index (χ1v) is 10.3. The van der Waals surface area contributed by atoms with Crippen molar-refractivity contribution in [3.8, 4) is 0 Å². The SMILES string of the molecule is CCCCCC=CC=CC(O)CC=CCC=CCC=CCCCCC(=O)O. The number of aliphatic hydroxyl groups is 1. The first-order valence-electron chi connectivity index (χ1n) is 10.3. The van der Waals surface area contributed by atoms with Crippen LogP contribution in [0.3, 0.4) is 0 Å². The normalized spacial score (nSPS) is 13.9. The number of allylic oxidation sites excluding steroid dienone is 8. The second-order valence-electron chi connectivity index (χ2n) is 6.64. The third-order valence-electron chi connectivity index (χ3n) is 3.99. The lowest BCUT2D eigenvalue weighted by Gasteiger charge is -1.98. The van der Waals surface area contributed by atoms with Gasteiger partial charge in [0.1, 0.15) is 0 Å². The van der Waals surface area contributed by atoms with Crippen molar-refractivity contribution in [1.29, 1.82) is 0 Å². The molecule has 0 saturated heterocycles. The molecule has 0 radical (unpaired) electrons. The van der Waals surface area contributed by atoms with E-state index in [-0.39, 0.29) is 6.42 Å². The summed E-state index contributed by atoms with van der Waals surface area (Å²) < 4.78 is 0. The van der Waals surface area contributed by atoms with Gasteiger partial charge in [0.2, 0.25) is 0 Å². The van der Waals surface area contributed by atoms with E-state index in [0.717, 1.165) is 38.5 Å². The van der Waals surface area contributed by atoms with E-state index in [1.54, 1.807) is 0 Å². The van der Waals surface area contributed by atoms with Gasteiger partial charge in [-0.05, 0) is 51.4 Å². The van der Waals surface area contributed by atoms with E-state index < -0.39 is 12.1 Å². The summed E-state index contributed by atoms with van der Waals surface area (Å²) in [5, 5.41) is 18.4. The molecule has 1 unspecified atom stereocenters. The quantitative estimate of drug-likeness (QED) is 0.173. The van der Waals surface area contributed by atoms with Crippen LogP contribution in [0, 0.1) is 0 Å². The molecule has 0 aromatic heterocycles. The van der Waals surface area contributed by atoms with E-state index in [0.29, 0.717) is 6.42 Å². The molecule has 0 aliphatic heterocycles. The summed E-state index contributed by atoms with van der Waals surface area (Å²) in [6.07, 6.45) is 30.3. The van der Waals surface area contributed by atoms with Crippen molar-refractivity contribution in [2.24, 2.45) is 0 Å². The lowest BCUT2D eigenvalue weighted by Crippen LogP contribution is -1.98. The van der Waals surface area contributed by atoms with Crippen molar-refractivity contribution in [3.63, 3.8) is 0 Å². The van der Waals surface area contributed by atoms with E-state index in [4.69, 9.17) is 5.11 Å². The van der Waals surface area contributed by atoms with Crippen molar-refractivity contribution < 1.29 is 15.0 Å². The van der Waals surface area contributed by atoms with Crippen LogP contribution in [0.1, 0.15) is 77.6 Å². The maximum atomic E-state index is 10.4. The van der Waals surface area contributed by atoms with Gasteiger partial charge in [-0.25, -0.2) is 0 Å². The van der Waals surface area contributed by atoms with Crippen LogP contribution in [0.25, 0.3) is 0 Å². The predicted molar refractivity (Wildman–Crippen MR) is 116 cm³/mol. The fraction of sp³-hybridized carbons (Fsp3) is 0.542. The zero-order valence-electron chi connectivity index (χ0n) is 16.9. The van der Waals surface area contributed by atoms with Gasteiger partial charge in [-0.2, -0.15) is 0 Å². The highest BCUT2D eigenvalue weighted by atomic mass is 16.4. The summed E-state index contributed by atoms with van der Waals surface area (Å²) in [6.45, 7) is 2.20. The van der Waals surface area contributed by atoms with E-state index >= 15 is 0 Å². The summed E-state index contributed by atoms with van der Waals surface area (Å²) in [5.74, 6) is -0.715. The molecule has 0 heterocycles. The van der Waals surface area contributed by atoms with Gasteiger partial charge < -0.3 is 10.2 Å². The minimum absolute atomic E-state index is 0.264. The molecular formula is C24H38O3. The molecule has 1 atom stereocenters. The summed E-state index contributed by atoms with van der Waals surface area (Å²) in [6, 6.07) is 0. The number of carbonyl (C=O) groups is 1. The molecule has 0 aliphatic carbocycles. The van der Waals surface area contributed by atoms with E-state index in [2.05, 4.69) is 43.4 Å². The van der Waals surface area contributed by atoms with Crippen molar-refractivity contribution >= 4 is 5.97 Å². The van der Waals surface area contributed by atoms with Crippen molar-refractivity contribution in [2.75, 3.05) is 0 Å². The van der Waals surface area contributed by atoms with Crippen LogP contribution in [-0.4, -0.2) is 22.3 Å². The third kappa shape index (κ3) is 22.1. The van der Waals surface area contributed by atoms with Gasteiger partial charge in [0, 0.05) is 6.42 Å². The molecule has 0 saturated carbocycles. The molecule has 2 N–H and O–H groups in total. The van der Waals surface area contributed by atoms with Gasteiger partial charge >= 0.3 is 5.97 Å². The Balaban J connectivity index is 3.61. The van der Waals surface area contributed by atoms with Crippen LogP contribution < -0.4 is 0 Å². The van der Waals surface area contributed by atoms with Gasteiger partial charge in [-0.3, -0.25) is 4.79 Å². The number of aliphatic carboxylic acids is 1. The molecule has 0 fully saturated rings. The topological polar surface area (TPSA) is 57.5 Å². The minimum Gasteiger partial charge on any atom is -0.481 e. The predicted octanol–water partition coefficient (Wildman–Crippen LogP) is 6.52. The largest absolute Gasteiger partial charge is 0.481 e. The highest BCUT2D eigenvalue weighted by Gasteiger charge is 1.94. The third-order valence-corrected chi connectivity index (χ3v) is 3.99. The Kier molecular flexibility index (Phi) is 19.0. The summed E-state index contributed by atoms with van der Waals surface area (Å²) in [4.78, 5) is 10.4. The number of carboxylic acids is 1. The first kappa shape index (κ1) is 25.1. The molecular weight excluding hydrogens is 336 g/mol. The lowest BCUT2D eigenvalue weighted by atomic mass is 10.1. The Morgan fingerprint density at radius 3 is 2.15 bits per heavy atom. The van der Waals surface area contributed by atoms with Crippen molar-refractivity contribution in [3.05, 3.63) is 60.8 Å². The Labute approximate surface area is 165 Å². The van der Waals surface area contributed by atoms with Gasteiger partial charge in [0.05, 0.1) is 6.10 Å². The number of rotatable bonds is 17. The van der Waals surface area contributed by atoms with Crippen LogP contribution in [0.2, 0.25) is 0 Å². The fourth-order valence-corrected chi connectivity index (χ4v) is 2.39. The summed E-state index contributed by atoms with van der Waals surface area (Å²) in [5.41, 5.74) is 0. The van der Waals surface area contributed by atoms with Crippen LogP contribution in [0.15, 0.2) is 60.8 Å². The zero-order valence-corrected chi connectivity index (χ0v) is 16.9. The lowest BCUT2D eigenvalue weighted by molar-refractivity contribution is -0.137. The van der Waals surface area contributed by atoms with Crippen LogP contribution in [0.4, 0.5) is 0 Å². The summed E-state index contributed by atoms with van der Waals surface area (Å²) >= 11 is 0. The minimum atomic E-state index is -0.715. The van der Waals surface area contributed by atoms with Crippen LogP contribution in [-0.2, 0) is 4.79 Å². The summed E-state index contributed by atoms with van der Waals surface area (Å²) in [7, 11) is 0. The Morgan fingerprint density at radius 1 is 0.815 bits per heavy atom. The van der Waals surface area contributed by atoms with E-state index in [9.17, 15) is 9.90 Å². The van der Waals surface area contributed by atoms with Crippen molar-refractivity contribution in [2.45, 2.75) is 83.7 Å². The van der Waals surface area contributed by atoms with Gasteiger partial charge in [0.15, 0.2) is 0 Å². The van der Waals surface area contributed by atoms with E-state index in [1.165, 1.54) is 19.3 Å². The average molecular weight is 375 g/mol. The zero-order chi connectivity index (χ0) is 20.0. The van der Waals surface area contributed by atoms with E-state index in [1.807, 2.05) is 24.3 Å². The Morgan fingerprint density at radius 2 is 1.44 bits per heavy atom. The standard InChI is InChI=1S/C24H38O3/c1-2-3-4-5-11-14-17-20-23(25)21-18-15-12-9-7-6-8-10-13-16-19-22-24(26)27/h7-11,14-15,17-18,20,23,25H,2-6,12-13,16,19,21-22H2,1H3,(H,26,27). The van der Waals surface area contributed by atoms with Crippen LogP contribution >= 0.6 is 0 Å². The maximum Gasteiger partial charge on any atom is 0.303 e. The highest BCUT2D eigenvalue weighted by Crippen LogP contribution is 2.03. The van der Waals surface area contributed by atoms with Gasteiger partial charge in [-0.1, -0.05) is 80.5 Å². The number of aliphatic hydroxyl groups excluding tert-OH is 1. The first-order chi connectivity index (χ1) is 13.2. The smallest absolute Gasteiger partial charge is 0.303 e. The molecule has 0 rings (SSSR count). The maximum absolute atomic E-state index is 10.4. The molecule has 0 amide bonds. The molecule has 3 nitrogen and oxygen atoms in total. The molecule has 0 aliphatic rings. The molecule has 0 bridgehead atoms. The number of unbranched alkanes of at least 4 members (excludes halogenated alkanes) is 5. The molecule has 0 aromatic rings. The molecule has 152 valence electrons. The highest BCUT2D eigenvalue weighted by molar-refractivity contribution is 5.66. The Bertz CT molecular complexity index is 484.